The number of halogens is 1. The molecule has 36 heavy (non-hydrogen) atoms. The summed E-state index contributed by atoms with van der Waals surface area (Å²) in [7, 11) is 0. The van der Waals surface area contributed by atoms with E-state index in [1.807, 2.05) is 33.7 Å². The number of carbonyl (C=O) groups excluding carboxylic acids is 1. The van der Waals surface area contributed by atoms with Crippen LogP contribution in [0.4, 0.5) is 15.8 Å². The van der Waals surface area contributed by atoms with Crippen molar-refractivity contribution in [2.45, 2.75) is 32.5 Å². The minimum atomic E-state index is -0.212. The molecule has 4 heterocycles. The molecule has 2 aromatic heterocycles. The van der Waals surface area contributed by atoms with E-state index in [-0.39, 0.29) is 24.3 Å². The lowest BCUT2D eigenvalue weighted by molar-refractivity contribution is -0.134. The van der Waals surface area contributed by atoms with E-state index in [4.69, 9.17) is 0 Å². The van der Waals surface area contributed by atoms with Gasteiger partial charge in [0.2, 0.25) is 5.91 Å². The van der Waals surface area contributed by atoms with Crippen LogP contribution < -0.4 is 9.80 Å². The second-order valence-corrected chi connectivity index (χ2v) is 9.66. The Balaban J connectivity index is 1.17. The van der Waals surface area contributed by atoms with Gasteiger partial charge in [-0.2, -0.15) is 0 Å². The Morgan fingerprint density at radius 3 is 2.69 bits per heavy atom. The molecule has 0 saturated carbocycles. The zero-order valence-electron chi connectivity index (χ0n) is 20.3. The summed E-state index contributed by atoms with van der Waals surface area (Å²) in [6.07, 6.45) is 4.38. The highest BCUT2D eigenvalue weighted by Gasteiger charge is 2.30. The molecule has 6 rings (SSSR count). The first-order chi connectivity index (χ1) is 17.6. The number of nitrogens with zero attached hydrogens (tertiary/aromatic N) is 6. The second kappa shape index (κ2) is 9.26. The Bertz CT molecular complexity index is 1400. The van der Waals surface area contributed by atoms with Gasteiger partial charge >= 0.3 is 0 Å². The fraction of sp³-hybridized carbons (Fsp3) is 0.321. The minimum Gasteiger partial charge on any atom is -0.367 e. The van der Waals surface area contributed by atoms with Gasteiger partial charge in [-0.3, -0.25) is 4.79 Å². The summed E-state index contributed by atoms with van der Waals surface area (Å²) < 4.78 is 15.3. The number of aromatic nitrogens is 3. The van der Waals surface area contributed by atoms with Crippen LogP contribution in [0.1, 0.15) is 18.1 Å². The molecule has 2 aliphatic rings. The maximum atomic E-state index is 13.4. The Labute approximate surface area is 209 Å². The first-order valence-electron chi connectivity index (χ1n) is 12.5. The average Bonchev–Trinajstić information content (AvgIpc) is 3.31. The number of imidazole rings is 1. The monoisotopic (exact) mass is 484 g/mol. The third-order valence-electron chi connectivity index (χ3n) is 7.41. The summed E-state index contributed by atoms with van der Waals surface area (Å²) in [5, 5.41) is 0. The predicted molar refractivity (Wildman–Crippen MR) is 139 cm³/mol. The Morgan fingerprint density at radius 1 is 1.00 bits per heavy atom. The van der Waals surface area contributed by atoms with Gasteiger partial charge in [0.05, 0.1) is 6.33 Å². The number of carbonyl (C=O) groups is 1. The van der Waals surface area contributed by atoms with E-state index in [0.717, 1.165) is 49.5 Å². The summed E-state index contributed by atoms with van der Waals surface area (Å²) in [6, 6.07) is 17.2. The molecule has 184 valence electrons. The van der Waals surface area contributed by atoms with Crippen molar-refractivity contribution in [1.82, 2.24) is 19.4 Å². The number of amides is 1. The molecule has 7 nitrogen and oxygen atoms in total. The number of hydrogen-bond acceptors (Lipinski definition) is 5. The molecular weight excluding hydrogens is 455 g/mol. The number of fused-ring (bicyclic) bond motifs is 2. The van der Waals surface area contributed by atoms with Crippen LogP contribution in [-0.2, 0) is 24.3 Å². The lowest BCUT2D eigenvalue weighted by Gasteiger charge is -2.43. The number of piperazine rings is 1. The van der Waals surface area contributed by atoms with Crippen LogP contribution in [0.5, 0.6) is 0 Å². The molecule has 1 atom stereocenters. The van der Waals surface area contributed by atoms with Gasteiger partial charge < -0.3 is 19.3 Å². The number of pyridine rings is 1. The highest BCUT2D eigenvalue weighted by molar-refractivity contribution is 5.79. The van der Waals surface area contributed by atoms with Crippen LogP contribution in [0.15, 0.2) is 67.1 Å². The molecule has 0 bridgehead atoms. The van der Waals surface area contributed by atoms with Gasteiger partial charge in [-0.15, -0.1) is 0 Å². The van der Waals surface area contributed by atoms with Crippen molar-refractivity contribution in [2.24, 2.45) is 0 Å². The lowest BCUT2D eigenvalue weighted by Crippen LogP contribution is -2.55. The molecule has 2 aromatic carbocycles. The molecule has 8 heteroatoms. The zero-order valence-corrected chi connectivity index (χ0v) is 20.3. The number of anilines is 2. The third kappa shape index (κ3) is 4.17. The van der Waals surface area contributed by atoms with E-state index in [9.17, 15) is 9.18 Å². The van der Waals surface area contributed by atoms with Gasteiger partial charge in [0.1, 0.15) is 17.9 Å². The van der Waals surface area contributed by atoms with Crippen molar-refractivity contribution in [2.75, 3.05) is 36.0 Å². The van der Waals surface area contributed by atoms with Crippen LogP contribution in [0.2, 0.25) is 0 Å². The number of rotatable bonds is 4. The van der Waals surface area contributed by atoms with Crippen molar-refractivity contribution in [3.8, 4) is 0 Å². The van der Waals surface area contributed by atoms with Gasteiger partial charge in [-0.25, -0.2) is 14.4 Å². The Kier molecular flexibility index (Phi) is 5.79. The molecule has 0 radical (unpaired) electrons. The number of benzene rings is 2. The van der Waals surface area contributed by atoms with Gasteiger partial charge in [0.15, 0.2) is 5.65 Å². The molecule has 1 unspecified atom stereocenters. The highest BCUT2D eigenvalue weighted by Crippen LogP contribution is 2.33. The minimum absolute atomic E-state index is 0.0849. The largest absolute Gasteiger partial charge is 0.367 e. The third-order valence-corrected chi connectivity index (χ3v) is 7.41. The summed E-state index contributed by atoms with van der Waals surface area (Å²) in [6.45, 7) is 6.31. The smallest absolute Gasteiger partial charge is 0.242 e. The topological polar surface area (TPSA) is 57.5 Å². The summed E-state index contributed by atoms with van der Waals surface area (Å²) in [5.74, 6) is -0.125. The Hall–Kier alpha value is -3.94. The fourth-order valence-electron chi connectivity index (χ4n) is 5.53. The number of hydrogen-bond donors (Lipinski definition) is 0. The van der Waals surface area contributed by atoms with Crippen LogP contribution in [0.3, 0.4) is 0 Å². The van der Waals surface area contributed by atoms with Crippen LogP contribution in [-0.4, -0.2) is 57.6 Å². The van der Waals surface area contributed by atoms with E-state index in [1.165, 1.54) is 28.9 Å². The normalized spacial score (nSPS) is 17.9. The van der Waals surface area contributed by atoms with Crippen molar-refractivity contribution < 1.29 is 9.18 Å². The van der Waals surface area contributed by atoms with Gasteiger partial charge in [-0.05, 0) is 66.9 Å². The maximum absolute atomic E-state index is 13.4. The standard InChI is InChI=1S/C28H29FN6O/c1-20-16-33(14-15-35(20)27(36)18-34-19-31-25-5-3-12-30-28(25)34)26-6-2-4-21-11-13-32(17-24(21)26)23-9-7-22(29)8-10-23/h2-10,12,19-20H,11,13-18H2,1H3. The molecule has 4 aromatic rings. The first-order valence-corrected chi connectivity index (χ1v) is 12.5. The van der Waals surface area contributed by atoms with E-state index in [2.05, 4.69) is 44.9 Å². The van der Waals surface area contributed by atoms with Crippen molar-refractivity contribution in [3.63, 3.8) is 0 Å². The van der Waals surface area contributed by atoms with E-state index >= 15 is 0 Å². The van der Waals surface area contributed by atoms with Gasteiger partial charge in [0.25, 0.3) is 0 Å². The van der Waals surface area contributed by atoms with Crippen LogP contribution >= 0.6 is 0 Å². The summed E-state index contributed by atoms with van der Waals surface area (Å²) in [4.78, 5) is 28.7. The maximum Gasteiger partial charge on any atom is 0.242 e. The molecule has 1 saturated heterocycles. The van der Waals surface area contributed by atoms with Crippen molar-refractivity contribution in [3.05, 3.63) is 84.1 Å². The molecule has 2 aliphatic heterocycles. The average molecular weight is 485 g/mol. The van der Waals surface area contributed by atoms with E-state index in [0.29, 0.717) is 6.54 Å². The molecule has 1 fully saturated rings. The molecule has 0 spiro atoms. The molecule has 0 N–H and O–H groups in total. The lowest BCUT2D eigenvalue weighted by atomic mass is 9.96. The second-order valence-electron chi connectivity index (χ2n) is 9.66. The summed E-state index contributed by atoms with van der Waals surface area (Å²) >= 11 is 0. The first kappa shape index (κ1) is 22.5. The molecular formula is C28H29FN6O. The van der Waals surface area contributed by atoms with Crippen LogP contribution in [0, 0.1) is 5.82 Å². The Morgan fingerprint density at radius 2 is 1.86 bits per heavy atom. The molecule has 1 amide bonds. The van der Waals surface area contributed by atoms with Crippen molar-refractivity contribution >= 4 is 28.4 Å². The molecule has 0 aliphatic carbocycles. The van der Waals surface area contributed by atoms with E-state index < -0.39 is 0 Å². The SMILES string of the molecule is CC1CN(c2cccc3c2CN(c2ccc(F)cc2)CC3)CCN1C(=O)Cn1cnc2cccnc21. The fourth-order valence-corrected chi connectivity index (χ4v) is 5.53. The predicted octanol–water partition coefficient (Wildman–Crippen LogP) is 3.87. The summed E-state index contributed by atoms with van der Waals surface area (Å²) in [5.41, 5.74) is 6.52. The quantitative estimate of drug-likeness (QED) is 0.440. The van der Waals surface area contributed by atoms with Gasteiger partial charge in [-0.1, -0.05) is 12.1 Å². The highest BCUT2D eigenvalue weighted by atomic mass is 19.1. The van der Waals surface area contributed by atoms with E-state index in [1.54, 1.807) is 12.5 Å². The van der Waals surface area contributed by atoms with Gasteiger partial charge in [0, 0.05) is 56.3 Å². The van der Waals surface area contributed by atoms with Crippen molar-refractivity contribution in [1.29, 1.82) is 0 Å². The van der Waals surface area contributed by atoms with Crippen LogP contribution in [0.25, 0.3) is 11.2 Å². The zero-order chi connectivity index (χ0) is 24.6.